The third-order valence-electron chi connectivity index (χ3n) is 6.98. The zero-order valence-electron chi connectivity index (χ0n) is 18.3. The van der Waals surface area contributed by atoms with Crippen molar-refractivity contribution in [3.63, 3.8) is 0 Å². The van der Waals surface area contributed by atoms with E-state index in [-0.39, 0.29) is 11.1 Å². The van der Waals surface area contributed by atoms with Gasteiger partial charge in [-0.25, -0.2) is 14.3 Å². The van der Waals surface area contributed by atoms with Crippen LogP contribution in [0.15, 0.2) is 72.8 Å². The molecule has 2 heterocycles. The number of hydrogen-bond donors (Lipinski definition) is 1. The molecule has 8 heteroatoms. The van der Waals surface area contributed by atoms with Crippen molar-refractivity contribution in [3.05, 3.63) is 101 Å². The molecule has 0 spiro atoms. The number of carbonyl (C=O) groups is 2. The van der Waals surface area contributed by atoms with Gasteiger partial charge in [-0.15, -0.1) is 11.3 Å². The zero-order valence-corrected chi connectivity index (χ0v) is 19.9. The zero-order chi connectivity index (χ0) is 23.7. The summed E-state index contributed by atoms with van der Waals surface area (Å²) in [5.74, 6) is -1.38. The fourth-order valence-electron chi connectivity index (χ4n) is 5.31. The highest BCUT2D eigenvalue weighted by atomic mass is 32.2. The molecule has 1 aliphatic heterocycles. The second-order valence-corrected chi connectivity index (χ2v) is 11.6. The first-order valence-corrected chi connectivity index (χ1v) is 13.3. The maximum absolute atomic E-state index is 14.2. The molecule has 170 valence electrons. The molecule has 2 aliphatic rings. The average molecular weight is 490 g/mol. The molecular formula is C26H21N2O4S2+. The number of carbonyl (C=O) groups excluding carboxylic acids is 2. The summed E-state index contributed by atoms with van der Waals surface area (Å²) in [7, 11) is -4.51. The number of anilines is 1. The van der Waals surface area contributed by atoms with Gasteiger partial charge in [0.1, 0.15) is 11.0 Å². The lowest BCUT2D eigenvalue weighted by atomic mass is 10.1. The van der Waals surface area contributed by atoms with Gasteiger partial charge in [0.25, 0.3) is 0 Å². The Kier molecular flexibility index (Phi) is 4.58. The number of hydrogen-bond acceptors (Lipinski definition) is 5. The Morgan fingerprint density at radius 3 is 1.94 bits per heavy atom. The van der Waals surface area contributed by atoms with E-state index < -0.39 is 32.0 Å². The number of quaternary nitrogens is 1. The Labute approximate surface area is 201 Å². The summed E-state index contributed by atoms with van der Waals surface area (Å²) in [6.45, 7) is 1.84. The molecule has 1 N–H and O–H groups in total. The van der Waals surface area contributed by atoms with E-state index in [1.54, 1.807) is 12.1 Å². The van der Waals surface area contributed by atoms with Crippen molar-refractivity contribution >= 4 is 48.4 Å². The van der Waals surface area contributed by atoms with Crippen molar-refractivity contribution < 1.29 is 21.9 Å². The molecule has 0 bridgehead atoms. The lowest BCUT2D eigenvalue weighted by Gasteiger charge is -2.32. The minimum atomic E-state index is -4.51. The summed E-state index contributed by atoms with van der Waals surface area (Å²) in [5.41, 5.74) is 3.02. The van der Waals surface area contributed by atoms with Crippen LogP contribution in [-0.4, -0.2) is 30.2 Å². The van der Waals surface area contributed by atoms with Gasteiger partial charge in [0.05, 0.1) is 11.1 Å². The lowest BCUT2D eigenvalue weighted by Crippen LogP contribution is -2.64. The summed E-state index contributed by atoms with van der Waals surface area (Å²) in [4.78, 5) is 27.8. The number of amides is 2. The normalized spacial score (nSPS) is 17.2. The third-order valence-corrected chi connectivity index (χ3v) is 10.1. The van der Waals surface area contributed by atoms with Crippen molar-refractivity contribution in [2.45, 2.75) is 25.8 Å². The van der Waals surface area contributed by atoms with E-state index >= 15 is 0 Å². The van der Waals surface area contributed by atoms with Gasteiger partial charge >= 0.3 is 22.0 Å². The molecule has 6 rings (SSSR count). The Bertz CT molecular complexity index is 1560. The van der Waals surface area contributed by atoms with Gasteiger partial charge in [0, 0.05) is 17.5 Å². The molecule has 34 heavy (non-hydrogen) atoms. The number of nitrogens with zero attached hydrogens (tertiary/aromatic N) is 1. The van der Waals surface area contributed by atoms with Crippen LogP contribution in [-0.2, 0) is 23.1 Å². The summed E-state index contributed by atoms with van der Waals surface area (Å²) >= 11 is 1.30. The van der Waals surface area contributed by atoms with Crippen LogP contribution in [0.4, 0.5) is 5.00 Å². The monoisotopic (exact) mass is 489 g/mol. The van der Waals surface area contributed by atoms with Crippen LogP contribution in [0.2, 0.25) is 0 Å². The number of rotatable bonds is 4. The van der Waals surface area contributed by atoms with Crippen molar-refractivity contribution in [2.24, 2.45) is 0 Å². The quantitative estimate of drug-likeness (QED) is 0.328. The van der Waals surface area contributed by atoms with Crippen LogP contribution in [0, 0.1) is 6.92 Å². The van der Waals surface area contributed by atoms with Crippen LogP contribution in [0.5, 0.6) is 0 Å². The topological polar surface area (TPSA) is 80.3 Å². The van der Waals surface area contributed by atoms with Gasteiger partial charge in [0.2, 0.25) is 0 Å². The van der Waals surface area contributed by atoms with E-state index in [1.807, 2.05) is 55.5 Å². The molecular weight excluding hydrogens is 468 g/mol. The van der Waals surface area contributed by atoms with E-state index in [4.69, 9.17) is 0 Å². The Morgan fingerprint density at radius 2 is 1.35 bits per heavy atom. The molecule has 0 fully saturated rings. The fourth-order valence-corrected chi connectivity index (χ4v) is 8.46. The van der Waals surface area contributed by atoms with Gasteiger partial charge in [0.15, 0.2) is 0 Å². The average Bonchev–Trinajstić information content (AvgIpc) is 3.46. The predicted molar refractivity (Wildman–Crippen MR) is 132 cm³/mol. The van der Waals surface area contributed by atoms with E-state index in [0.717, 1.165) is 26.8 Å². The highest BCUT2D eigenvalue weighted by molar-refractivity contribution is 7.88. The van der Waals surface area contributed by atoms with Gasteiger partial charge in [-0.2, -0.15) is 8.42 Å². The minimum Gasteiger partial charge on any atom is -0.228 e. The first-order valence-electron chi connectivity index (χ1n) is 11.0. The molecule has 0 saturated heterocycles. The minimum absolute atomic E-state index is 0.155. The molecule has 0 radical (unpaired) electrons. The van der Waals surface area contributed by atoms with E-state index in [1.165, 1.54) is 23.5 Å². The van der Waals surface area contributed by atoms with E-state index in [2.05, 4.69) is 4.72 Å². The highest BCUT2D eigenvalue weighted by Gasteiger charge is 2.67. The maximum Gasteiger partial charge on any atom is 0.409 e. The van der Waals surface area contributed by atoms with Crippen molar-refractivity contribution in [2.75, 3.05) is 4.72 Å². The van der Waals surface area contributed by atoms with Crippen LogP contribution in [0.3, 0.4) is 0 Å². The Hall–Kier alpha value is -3.33. The largest absolute Gasteiger partial charge is 0.409 e. The van der Waals surface area contributed by atoms with E-state index in [0.29, 0.717) is 17.8 Å². The lowest BCUT2D eigenvalue weighted by molar-refractivity contribution is -0.658. The van der Waals surface area contributed by atoms with Gasteiger partial charge in [-0.05, 0) is 47.2 Å². The molecule has 6 nitrogen and oxygen atoms in total. The third kappa shape index (κ3) is 2.73. The summed E-state index contributed by atoms with van der Waals surface area (Å²) in [5, 5.41) is 1.36. The predicted octanol–water partition coefficient (Wildman–Crippen LogP) is 4.84. The number of aryl methyl sites for hydroxylation is 1. The second kappa shape index (κ2) is 7.33. The summed E-state index contributed by atoms with van der Waals surface area (Å²) in [6.07, 6.45) is 0.655. The van der Waals surface area contributed by atoms with E-state index in [9.17, 15) is 18.0 Å². The van der Waals surface area contributed by atoms with Crippen LogP contribution < -0.4 is 4.72 Å². The number of imide groups is 1. The molecule has 3 aromatic carbocycles. The molecule has 0 saturated carbocycles. The van der Waals surface area contributed by atoms with Crippen molar-refractivity contribution in [1.29, 1.82) is 0 Å². The van der Waals surface area contributed by atoms with Crippen LogP contribution in [0.1, 0.15) is 37.4 Å². The van der Waals surface area contributed by atoms with Crippen molar-refractivity contribution in [3.8, 4) is 0 Å². The number of thiophene rings is 1. The fraction of sp³-hybridized carbons (Fsp3) is 0.154. The van der Waals surface area contributed by atoms with Gasteiger partial charge in [-0.1, -0.05) is 58.5 Å². The number of nitrogens with one attached hydrogen (secondary N) is 1. The van der Waals surface area contributed by atoms with Crippen LogP contribution >= 0.6 is 11.3 Å². The van der Waals surface area contributed by atoms with Crippen LogP contribution in [0.25, 0.3) is 10.1 Å². The SMILES string of the molecule is Cc1c(NS(=O)(=O)[N+]2(C3Cc4ccccc4C3)C(=O)c3ccccc3C2=O)sc2ccccc12. The molecule has 4 aromatic rings. The summed E-state index contributed by atoms with van der Waals surface area (Å²) in [6, 6.07) is 20.9. The smallest absolute Gasteiger partial charge is 0.228 e. The molecule has 1 aliphatic carbocycles. The first-order chi connectivity index (χ1) is 16.3. The molecule has 1 aromatic heterocycles. The number of fused-ring (bicyclic) bond motifs is 3. The standard InChI is InChI=1S/C26H21N2O4S2/c1-16-20-10-6-7-13-23(20)33-24(16)27-34(31,32)28(19-14-17-8-2-3-9-18(17)15-19)25(29)21-11-4-5-12-22(21)26(28)30/h2-13,19,27H,14-15H2,1H3/q+1. The molecule has 0 atom stereocenters. The molecule has 2 amide bonds. The van der Waals surface area contributed by atoms with Gasteiger partial charge in [-0.3, -0.25) is 0 Å². The Balaban J connectivity index is 1.53. The summed E-state index contributed by atoms with van der Waals surface area (Å²) < 4.78 is 30.8. The number of benzene rings is 3. The second-order valence-electron chi connectivity index (χ2n) is 8.77. The Morgan fingerprint density at radius 1 is 0.824 bits per heavy atom. The maximum atomic E-state index is 14.2. The highest BCUT2D eigenvalue weighted by Crippen LogP contribution is 2.43. The van der Waals surface area contributed by atoms with Gasteiger partial charge < -0.3 is 0 Å². The van der Waals surface area contributed by atoms with Crippen molar-refractivity contribution in [1.82, 2.24) is 0 Å². The molecule has 0 unspecified atom stereocenters. The first kappa shape index (κ1) is 21.2.